The predicted octanol–water partition coefficient (Wildman–Crippen LogP) is 2.16. The van der Waals surface area contributed by atoms with Crippen molar-refractivity contribution in [1.29, 1.82) is 0 Å². The van der Waals surface area contributed by atoms with Crippen LogP contribution in [-0.4, -0.2) is 45.0 Å². The van der Waals surface area contributed by atoms with Crippen molar-refractivity contribution in [3.63, 3.8) is 0 Å². The van der Waals surface area contributed by atoms with E-state index in [1.807, 2.05) is 27.7 Å². The molecule has 6 nitrogen and oxygen atoms in total. The highest BCUT2D eigenvalue weighted by Crippen LogP contribution is 2.21. The Morgan fingerprint density at radius 2 is 1.68 bits per heavy atom. The third-order valence-electron chi connectivity index (χ3n) is 4.07. The number of hydrogen-bond acceptors (Lipinski definition) is 4. The molecule has 1 aromatic carbocycles. The molecule has 0 aromatic heterocycles. The van der Waals surface area contributed by atoms with Gasteiger partial charge < -0.3 is 10.2 Å². The molecule has 0 fully saturated rings. The number of carbonyl (C=O) groups excluding carboxylic acids is 2. The van der Waals surface area contributed by atoms with Crippen molar-refractivity contribution in [2.24, 2.45) is 5.41 Å². The summed E-state index contributed by atoms with van der Waals surface area (Å²) in [6.45, 7) is 7.62. The van der Waals surface area contributed by atoms with Gasteiger partial charge in [0.1, 0.15) is 0 Å². The van der Waals surface area contributed by atoms with Crippen molar-refractivity contribution >= 4 is 21.7 Å². The summed E-state index contributed by atoms with van der Waals surface area (Å²) < 4.78 is 23.0. The minimum absolute atomic E-state index is 0.0890. The zero-order valence-corrected chi connectivity index (χ0v) is 16.6. The van der Waals surface area contributed by atoms with E-state index in [1.165, 1.54) is 0 Å². The molecule has 0 aliphatic rings. The second-order valence-electron chi connectivity index (χ2n) is 7.28. The first-order valence-electron chi connectivity index (χ1n) is 8.18. The van der Waals surface area contributed by atoms with E-state index >= 15 is 0 Å². The fraction of sp³-hybridized carbons (Fsp3) is 0.556. The van der Waals surface area contributed by atoms with Crippen LogP contribution in [-0.2, 0) is 19.4 Å². The number of nitrogens with zero attached hydrogens (tertiary/aromatic N) is 1. The predicted molar refractivity (Wildman–Crippen MR) is 97.8 cm³/mol. The molecular formula is C18H28N2O4S. The fourth-order valence-corrected chi connectivity index (χ4v) is 2.79. The molecule has 0 saturated heterocycles. The summed E-state index contributed by atoms with van der Waals surface area (Å²) in [7, 11) is -1.54. The van der Waals surface area contributed by atoms with Gasteiger partial charge in [-0.2, -0.15) is 0 Å². The normalized spacial score (nSPS) is 13.2. The van der Waals surface area contributed by atoms with E-state index < -0.39 is 15.3 Å². The van der Waals surface area contributed by atoms with Crippen molar-refractivity contribution in [3.8, 4) is 0 Å². The van der Waals surface area contributed by atoms with Gasteiger partial charge in [0.25, 0.3) is 0 Å². The number of benzene rings is 1. The first-order chi connectivity index (χ1) is 11.3. The third kappa shape index (κ3) is 6.16. The standard InChI is InChI=1S/C18H28N2O4S/c1-13(14-7-9-15(10-8-14)25(6,23)24)20(5)16(21)11-12-19-17(22)18(2,3)4/h7-10,13H,11-12H2,1-6H3,(H,19,22). The quantitative estimate of drug-likeness (QED) is 0.834. The van der Waals surface area contributed by atoms with Gasteiger partial charge in [0, 0.05) is 31.7 Å². The summed E-state index contributed by atoms with van der Waals surface area (Å²) in [5.41, 5.74) is 0.367. The summed E-state index contributed by atoms with van der Waals surface area (Å²) in [5.74, 6) is -0.179. The minimum Gasteiger partial charge on any atom is -0.355 e. The Kier molecular flexibility index (Phi) is 6.76. The molecule has 0 heterocycles. The van der Waals surface area contributed by atoms with Gasteiger partial charge >= 0.3 is 0 Å². The third-order valence-corrected chi connectivity index (χ3v) is 5.20. The maximum atomic E-state index is 12.3. The molecule has 0 saturated carbocycles. The minimum atomic E-state index is -3.23. The van der Waals surface area contributed by atoms with Gasteiger partial charge in [-0.3, -0.25) is 9.59 Å². The summed E-state index contributed by atoms with van der Waals surface area (Å²) >= 11 is 0. The lowest BCUT2D eigenvalue weighted by atomic mass is 9.96. The molecular weight excluding hydrogens is 340 g/mol. The molecule has 1 rings (SSSR count). The van der Waals surface area contributed by atoms with Gasteiger partial charge in [0.05, 0.1) is 10.9 Å². The Morgan fingerprint density at radius 3 is 2.12 bits per heavy atom. The van der Waals surface area contributed by atoms with E-state index in [0.717, 1.165) is 11.8 Å². The van der Waals surface area contributed by atoms with Gasteiger partial charge in [-0.15, -0.1) is 0 Å². The highest BCUT2D eigenvalue weighted by Gasteiger charge is 2.22. The van der Waals surface area contributed by atoms with Crippen LogP contribution in [0.5, 0.6) is 0 Å². The molecule has 0 radical (unpaired) electrons. The van der Waals surface area contributed by atoms with Crippen molar-refractivity contribution in [2.75, 3.05) is 19.8 Å². The van der Waals surface area contributed by atoms with Crippen LogP contribution in [0, 0.1) is 5.41 Å². The molecule has 140 valence electrons. The van der Waals surface area contributed by atoms with Crippen LogP contribution in [0.15, 0.2) is 29.2 Å². The van der Waals surface area contributed by atoms with E-state index in [9.17, 15) is 18.0 Å². The van der Waals surface area contributed by atoms with Gasteiger partial charge in [-0.25, -0.2) is 8.42 Å². The SMILES string of the molecule is CC(c1ccc(S(C)(=O)=O)cc1)N(C)C(=O)CCNC(=O)C(C)(C)C. The second kappa shape index (κ2) is 7.99. The van der Waals surface area contributed by atoms with Gasteiger partial charge in [-0.05, 0) is 24.6 Å². The molecule has 0 aliphatic heterocycles. The first kappa shape index (κ1) is 21.2. The number of amides is 2. The van der Waals surface area contributed by atoms with Crippen molar-refractivity contribution in [1.82, 2.24) is 10.2 Å². The van der Waals surface area contributed by atoms with Crippen molar-refractivity contribution < 1.29 is 18.0 Å². The van der Waals surface area contributed by atoms with Crippen molar-refractivity contribution in [3.05, 3.63) is 29.8 Å². The molecule has 1 aromatic rings. The molecule has 25 heavy (non-hydrogen) atoms. The molecule has 1 atom stereocenters. The topological polar surface area (TPSA) is 83.6 Å². The summed E-state index contributed by atoms with van der Waals surface area (Å²) in [6.07, 6.45) is 1.37. The van der Waals surface area contributed by atoms with Crippen LogP contribution in [0.1, 0.15) is 45.7 Å². The number of sulfone groups is 1. The zero-order chi connectivity index (χ0) is 19.4. The van der Waals surface area contributed by atoms with Crippen LogP contribution < -0.4 is 5.32 Å². The van der Waals surface area contributed by atoms with Gasteiger partial charge in [-0.1, -0.05) is 32.9 Å². The monoisotopic (exact) mass is 368 g/mol. The van der Waals surface area contributed by atoms with Crippen LogP contribution >= 0.6 is 0 Å². The molecule has 7 heteroatoms. The number of carbonyl (C=O) groups is 2. The Bertz CT molecular complexity index is 718. The molecule has 0 bridgehead atoms. The summed E-state index contributed by atoms with van der Waals surface area (Å²) in [6, 6.07) is 6.32. The van der Waals surface area contributed by atoms with Gasteiger partial charge in [0.2, 0.25) is 11.8 Å². The van der Waals surface area contributed by atoms with Gasteiger partial charge in [0.15, 0.2) is 9.84 Å². The second-order valence-corrected chi connectivity index (χ2v) is 9.29. The Balaban J connectivity index is 2.65. The lowest BCUT2D eigenvalue weighted by Gasteiger charge is -2.26. The number of rotatable bonds is 6. The van der Waals surface area contributed by atoms with Crippen LogP contribution in [0.2, 0.25) is 0 Å². The zero-order valence-electron chi connectivity index (χ0n) is 15.8. The average Bonchev–Trinajstić information content (AvgIpc) is 2.51. The van der Waals surface area contributed by atoms with Crippen LogP contribution in [0.4, 0.5) is 0 Å². The molecule has 0 aliphatic carbocycles. The lowest BCUT2D eigenvalue weighted by Crippen LogP contribution is -2.38. The maximum absolute atomic E-state index is 12.3. The van der Waals surface area contributed by atoms with E-state index in [4.69, 9.17) is 0 Å². The fourth-order valence-electron chi connectivity index (χ4n) is 2.16. The number of nitrogens with one attached hydrogen (secondary N) is 1. The number of hydrogen-bond donors (Lipinski definition) is 1. The Morgan fingerprint density at radius 1 is 1.16 bits per heavy atom. The Labute approximate surface area is 150 Å². The molecule has 1 unspecified atom stereocenters. The summed E-state index contributed by atoms with van der Waals surface area (Å²) in [4.78, 5) is 25.9. The van der Waals surface area contributed by atoms with E-state index in [-0.39, 0.29) is 29.2 Å². The average molecular weight is 368 g/mol. The Hall–Kier alpha value is -1.89. The largest absolute Gasteiger partial charge is 0.355 e. The van der Waals surface area contributed by atoms with Crippen LogP contribution in [0.3, 0.4) is 0 Å². The molecule has 2 amide bonds. The maximum Gasteiger partial charge on any atom is 0.225 e. The smallest absolute Gasteiger partial charge is 0.225 e. The van der Waals surface area contributed by atoms with Crippen LogP contribution in [0.25, 0.3) is 0 Å². The highest BCUT2D eigenvalue weighted by atomic mass is 32.2. The lowest BCUT2D eigenvalue weighted by molar-refractivity contribution is -0.132. The highest BCUT2D eigenvalue weighted by molar-refractivity contribution is 7.90. The summed E-state index contributed by atoms with van der Waals surface area (Å²) in [5, 5.41) is 2.76. The van der Waals surface area contributed by atoms with E-state index in [0.29, 0.717) is 6.54 Å². The molecule has 0 spiro atoms. The van der Waals surface area contributed by atoms with Crippen molar-refractivity contribution in [2.45, 2.75) is 45.1 Å². The first-order valence-corrected chi connectivity index (χ1v) is 10.1. The molecule has 1 N–H and O–H groups in total. The van der Waals surface area contributed by atoms with E-state index in [2.05, 4.69) is 5.32 Å². The van der Waals surface area contributed by atoms with E-state index in [1.54, 1.807) is 36.2 Å².